The molecule has 1 atom stereocenters. The van der Waals surface area contributed by atoms with Crippen LogP contribution in [-0.4, -0.2) is 0 Å². The molecule has 0 saturated heterocycles. The first-order valence-corrected chi connectivity index (χ1v) is 3.84. The Morgan fingerprint density at radius 3 is 1.67 bits per heavy atom. The molecule has 0 aromatic heterocycles. The topological polar surface area (TPSA) is 0 Å². The molecule has 0 aliphatic rings. The first kappa shape index (κ1) is 9.00. The number of hydrogen-bond acceptors (Lipinski definition) is 0. The molecule has 0 aliphatic heterocycles. The van der Waals surface area contributed by atoms with Crippen LogP contribution in [0.4, 0.5) is 0 Å². The molecule has 1 radical (unpaired) electrons. The molecule has 1 unspecified atom stereocenters. The van der Waals surface area contributed by atoms with E-state index in [0.29, 0.717) is 0 Å². The molecular formula is C9H19. The van der Waals surface area contributed by atoms with E-state index in [1.54, 1.807) is 5.92 Å². The van der Waals surface area contributed by atoms with Gasteiger partial charge >= 0.3 is 0 Å². The molecule has 0 heterocycles. The van der Waals surface area contributed by atoms with Gasteiger partial charge in [-0.25, -0.2) is 0 Å². The van der Waals surface area contributed by atoms with E-state index in [1.807, 2.05) is 0 Å². The SMILES string of the molecule is C[C](C)C(C)CC(C)C. The summed E-state index contributed by atoms with van der Waals surface area (Å²) in [5.74, 6) is 3.21. The summed E-state index contributed by atoms with van der Waals surface area (Å²) in [4.78, 5) is 0. The van der Waals surface area contributed by atoms with Crippen LogP contribution in [0.15, 0.2) is 0 Å². The van der Waals surface area contributed by atoms with Crippen LogP contribution in [0.1, 0.15) is 41.0 Å². The van der Waals surface area contributed by atoms with Crippen LogP contribution in [0.25, 0.3) is 0 Å². The van der Waals surface area contributed by atoms with Crippen molar-refractivity contribution in [2.24, 2.45) is 11.8 Å². The minimum absolute atomic E-state index is 0.810. The zero-order valence-electron chi connectivity index (χ0n) is 7.36. The Labute approximate surface area is 59.7 Å². The predicted molar refractivity (Wildman–Crippen MR) is 43.2 cm³/mol. The maximum absolute atomic E-state index is 2.30. The summed E-state index contributed by atoms with van der Waals surface area (Å²) in [5, 5.41) is 0. The highest BCUT2D eigenvalue weighted by Crippen LogP contribution is 2.20. The minimum Gasteiger partial charge on any atom is -0.0628 e. The molecule has 0 amide bonds. The summed E-state index contributed by atoms with van der Waals surface area (Å²) < 4.78 is 0. The van der Waals surface area contributed by atoms with Crippen molar-refractivity contribution < 1.29 is 0 Å². The Morgan fingerprint density at radius 2 is 1.56 bits per heavy atom. The molecule has 0 rings (SSSR count). The van der Waals surface area contributed by atoms with E-state index in [2.05, 4.69) is 34.6 Å². The van der Waals surface area contributed by atoms with Gasteiger partial charge in [-0.3, -0.25) is 0 Å². The maximum Gasteiger partial charge on any atom is -0.0275 e. The van der Waals surface area contributed by atoms with Gasteiger partial charge in [0.15, 0.2) is 0 Å². The summed E-state index contributed by atoms with van der Waals surface area (Å²) in [7, 11) is 0. The lowest BCUT2D eigenvalue weighted by atomic mass is 9.90. The number of rotatable bonds is 3. The molecule has 0 N–H and O–H groups in total. The van der Waals surface area contributed by atoms with Gasteiger partial charge in [-0.15, -0.1) is 0 Å². The summed E-state index contributed by atoms with van der Waals surface area (Å²) in [6.07, 6.45) is 1.34. The van der Waals surface area contributed by atoms with Crippen LogP contribution in [-0.2, 0) is 0 Å². The zero-order valence-corrected chi connectivity index (χ0v) is 7.36. The van der Waals surface area contributed by atoms with Crippen molar-refractivity contribution in [1.29, 1.82) is 0 Å². The van der Waals surface area contributed by atoms with Crippen LogP contribution in [0.5, 0.6) is 0 Å². The first-order valence-electron chi connectivity index (χ1n) is 3.84. The van der Waals surface area contributed by atoms with Gasteiger partial charge in [0.1, 0.15) is 0 Å². The lowest BCUT2D eigenvalue weighted by Crippen LogP contribution is -2.04. The summed E-state index contributed by atoms with van der Waals surface area (Å²) in [5.41, 5.74) is 0. The Bertz CT molecular complexity index is 62.4. The van der Waals surface area contributed by atoms with Crippen LogP contribution in [0, 0.1) is 17.8 Å². The van der Waals surface area contributed by atoms with Gasteiger partial charge in [0.25, 0.3) is 0 Å². The van der Waals surface area contributed by atoms with Crippen molar-refractivity contribution in [2.75, 3.05) is 0 Å². The fraction of sp³-hybridized carbons (Fsp3) is 0.889. The third-order valence-corrected chi connectivity index (χ3v) is 1.81. The quantitative estimate of drug-likeness (QED) is 0.545. The summed E-state index contributed by atoms with van der Waals surface area (Å²) in [6, 6.07) is 0. The van der Waals surface area contributed by atoms with E-state index < -0.39 is 0 Å². The van der Waals surface area contributed by atoms with Gasteiger partial charge in [-0.2, -0.15) is 0 Å². The molecule has 0 saturated carbocycles. The second kappa shape index (κ2) is 3.92. The van der Waals surface area contributed by atoms with Gasteiger partial charge in [-0.1, -0.05) is 34.6 Å². The van der Waals surface area contributed by atoms with E-state index in [9.17, 15) is 0 Å². The Balaban J connectivity index is 3.38. The molecule has 0 fully saturated rings. The van der Waals surface area contributed by atoms with Gasteiger partial charge in [0.2, 0.25) is 0 Å². The van der Waals surface area contributed by atoms with Crippen molar-refractivity contribution in [1.82, 2.24) is 0 Å². The van der Waals surface area contributed by atoms with Gasteiger partial charge in [-0.05, 0) is 24.2 Å². The normalized spacial score (nSPS) is 15.0. The molecular weight excluding hydrogens is 108 g/mol. The Hall–Kier alpha value is 0. The largest absolute Gasteiger partial charge is 0.0628 e. The van der Waals surface area contributed by atoms with E-state index in [-0.39, 0.29) is 0 Å². The third-order valence-electron chi connectivity index (χ3n) is 1.81. The molecule has 0 aromatic rings. The lowest BCUT2D eigenvalue weighted by Gasteiger charge is -2.16. The predicted octanol–water partition coefficient (Wildman–Crippen LogP) is 3.28. The highest BCUT2D eigenvalue weighted by Gasteiger charge is 2.08. The Morgan fingerprint density at radius 1 is 1.11 bits per heavy atom. The molecule has 0 spiro atoms. The smallest absolute Gasteiger partial charge is 0.0275 e. The van der Waals surface area contributed by atoms with Crippen molar-refractivity contribution in [3.05, 3.63) is 5.92 Å². The van der Waals surface area contributed by atoms with Crippen LogP contribution in [0.3, 0.4) is 0 Å². The Kier molecular flexibility index (Phi) is 3.92. The van der Waals surface area contributed by atoms with Crippen LogP contribution in [0.2, 0.25) is 0 Å². The van der Waals surface area contributed by atoms with Crippen molar-refractivity contribution >= 4 is 0 Å². The summed E-state index contributed by atoms with van der Waals surface area (Å²) >= 11 is 0. The van der Waals surface area contributed by atoms with E-state index in [4.69, 9.17) is 0 Å². The number of hydrogen-bond donors (Lipinski definition) is 0. The second-order valence-corrected chi connectivity index (χ2v) is 3.61. The highest BCUT2D eigenvalue weighted by molar-refractivity contribution is 4.83. The molecule has 0 aliphatic carbocycles. The molecule has 0 nitrogen and oxygen atoms in total. The second-order valence-electron chi connectivity index (χ2n) is 3.61. The van der Waals surface area contributed by atoms with E-state index >= 15 is 0 Å². The lowest BCUT2D eigenvalue weighted by molar-refractivity contribution is 0.452. The van der Waals surface area contributed by atoms with Crippen molar-refractivity contribution in [2.45, 2.75) is 41.0 Å². The molecule has 55 valence electrons. The van der Waals surface area contributed by atoms with E-state index in [0.717, 1.165) is 11.8 Å². The van der Waals surface area contributed by atoms with E-state index in [1.165, 1.54) is 6.42 Å². The van der Waals surface area contributed by atoms with Gasteiger partial charge in [0.05, 0.1) is 0 Å². The molecule has 0 heteroatoms. The average molecular weight is 127 g/mol. The zero-order chi connectivity index (χ0) is 7.44. The minimum atomic E-state index is 0.810. The monoisotopic (exact) mass is 127 g/mol. The van der Waals surface area contributed by atoms with Crippen molar-refractivity contribution in [3.63, 3.8) is 0 Å². The van der Waals surface area contributed by atoms with Crippen LogP contribution < -0.4 is 0 Å². The van der Waals surface area contributed by atoms with Gasteiger partial charge in [0, 0.05) is 0 Å². The maximum atomic E-state index is 2.30. The fourth-order valence-electron chi connectivity index (χ4n) is 0.943. The highest BCUT2D eigenvalue weighted by atomic mass is 14.1. The van der Waals surface area contributed by atoms with Gasteiger partial charge < -0.3 is 0 Å². The molecule has 0 bridgehead atoms. The third kappa shape index (κ3) is 4.50. The summed E-state index contributed by atoms with van der Waals surface area (Å²) in [6.45, 7) is 11.3. The molecule has 0 aromatic carbocycles. The van der Waals surface area contributed by atoms with Crippen molar-refractivity contribution in [3.8, 4) is 0 Å². The fourth-order valence-corrected chi connectivity index (χ4v) is 0.943. The standard InChI is InChI=1S/C9H19/c1-7(2)6-9(5)8(3)4/h7,9H,6H2,1-5H3. The van der Waals surface area contributed by atoms with Crippen LogP contribution >= 0.6 is 0 Å². The average Bonchev–Trinajstić information content (AvgIpc) is 1.63. The first-order chi connectivity index (χ1) is 4.04. The molecule has 9 heavy (non-hydrogen) atoms.